The van der Waals surface area contributed by atoms with E-state index in [-0.39, 0.29) is 11.3 Å². The van der Waals surface area contributed by atoms with Gasteiger partial charge in [0.05, 0.1) is 24.5 Å². The number of esters is 1. The van der Waals surface area contributed by atoms with Crippen molar-refractivity contribution >= 4 is 21.9 Å². The monoisotopic (exact) mass is 390 g/mol. The molecule has 2 aromatic carbocycles. The molecule has 0 saturated heterocycles. The Labute approximate surface area is 159 Å². The first-order valence-corrected chi connectivity index (χ1v) is 9.65. The Morgan fingerprint density at radius 3 is 2.15 bits per heavy atom. The van der Waals surface area contributed by atoms with Crippen molar-refractivity contribution in [2.24, 2.45) is 0 Å². The number of ether oxygens (including phenoxy) is 1. The van der Waals surface area contributed by atoms with E-state index in [0.717, 1.165) is 9.87 Å². The van der Waals surface area contributed by atoms with Crippen LogP contribution in [0.3, 0.4) is 0 Å². The Morgan fingerprint density at radius 1 is 1.04 bits per heavy atom. The first-order chi connectivity index (χ1) is 12.8. The SMILES string of the molecule is COC(=O)C[C@H](NC(=O)c1ccc(S(=O)(=O)N(C)C)cc1)c1ccccc1. The highest BCUT2D eigenvalue weighted by Gasteiger charge is 2.21. The van der Waals surface area contributed by atoms with Crippen LogP contribution in [0.5, 0.6) is 0 Å². The zero-order chi connectivity index (χ0) is 20.0. The van der Waals surface area contributed by atoms with Crippen LogP contribution in [0.4, 0.5) is 0 Å². The van der Waals surface area contributed by atoms with Crippen molar-refractivity contribution in [2.45, 2.75) is 17.4 Å². The Kier molecular flexibility index (Phi) is 6.70. The molecule has 0 aliphatic rings. The van der Waals surface area contributed by atoms with Crippen molar-refractivity contribution in [3.05, 3.63) is 65.7 Å². The minimum atomic E-state index is -3.56. The lowest BCUT2D eigenvalue weighted by Crippen LogP contribution is -2.30. The number of hydrogen-bond acceptors (Lipinski definition) is 5. The van der Waals surface area contributed by atoms with E-state index in [2.05, 4.69) is 5.32 Å². The van der Waals surface area contributed by atoms with Gasteiger partial charge in [0.2, 0.25) is 10.0 Å². The quantitative estimate of drug-likeness (QED) is 0.730. The summed E-state index contributed by atoms with van der Waals surface area (Å²) in [6.07, 6.45) is -0.0145. The molecule has 0 saturated carbocycles. The fourth-order valence-corrected chi connectivity index (χ4v) is 3.32. The lowest BCUT2D eigenvalue weighted by Gasteiger charge is -2.18. The fraction of sp³-hybridized carbons (Fsp3) is 0.263. The molecular formula is C19H22N2O5S. The summed E-state index contributed by atoms with van der Waals surface area (Å²) in [5.41, 5.74) is 1.06. The molecule has 7 nitrogen and oxygen atoms in total. The molecule has 27 heavy (non-hydrogen) atoms. The van der Waals surface area contributed by atoms with Crippen LogP contribution in [0.15, 0.2) is 59.5 Å². The van der Waals surface area contributed by atoms with Crippen LogP contribution in [-0.4, -0.2) is 45.8 Å². The van der Waals surface area contributed by atoms with Crippen LogP contribution >= 0.6 is 0 Å². The highest BCUT2D eigenvalue weighted by atomic mass is 32.2. The molecule has 2 rings (SSSR count). The molecule has 0 aliphatic carbocycles. The van der Waals surface area contributed by atoms with Crippen molar-refractivity contribution < 1.29 is 22.7 Å². The first-order valence-electron chi connectivity index (χ1n) is 8.21. The Morgan fingerprint density at radius 2 is 1.63 bits per heavy atom. The topological polar surface area (TPSA) is 92.8 Å². The van der Waals surface area contributed by atoms with Gasteiger partial charge in [-0.15, -0.1) is 0 Å². The number of nitrogens with one attached hydrogen (secondary N) is 1. The third-order valence-corrected chi connectivity index (χ3v) is 5.83. The van der Waals surface area contributed by atoms with Gasteiger partial charge in [-0.1, -0.05) is 30.3 Å². The molecule has 0 radical (unpaired) electrons. The maximum atomic E-state index is 12.6. The van der Waals surface area contributed by atoms with E-state index in [4.69, 9.17) is 4.74 Å². The molecule has 144 valence electrons. The highest BCUT2D eigenvalue weighted by molar-refractivity contribution is 7.89. The minimum absolute atomic E-state index is 0.0145. The van der Waals surface area contributed by atoms with Crippen molar-refractivity contribution in [3.8, 4) is 0 Å². The maximum absolute atomic E-state index is 12.6. The molecule has 0 spiro atoms. The van der Waals surface area contributed by atoms with E-state index < -0.39 is 27.9 Å². The van der Waals surface area contributed by atoms with Crippen molar-refractivity contribution in [3.63, 3.8) is 0 Å². The molecular weight excluding hydrogens is 368 g/mol. The summed E-state index contributed by atoms with van der Waals surface area (Å²) >= 11 is 0. The van der Waals surface area contributed by atoms with Gasteiger partial charge in [-0.2, -0.15) is 0 Å². The van der Waals surface area contributed by atoms with Crippen LogP contribution in [0, 0.1) is 0 Å². The van der Waals surface area contributed by atoms with Gasteiger partial charge in [0.25, 0.3) is 5.91 Å². The number of hydrogen-bond donors (Lipinski definition) is 1. The molecule has 0 bridgehead atoms. The summed E-state index contributed by atoms with van der Waals surface area (Å²) in [4.78, 5) is 24.4. The van der Waals surface area contributed by atoms with E-state index in [1.165, 1.54) is 45.5 Å². The molecule has 2 aromatic rings. The summed E-state index contributed by atoms with van der Waals surface area (Å²) in [6.45, 7) is 0. The maximum Gasteiger partial charge on any atom is 0.307 e. The van der Waals surface area contributed by atoms with Crippen molar-refractivity contribution in [1.82, 2.24) is 9.62 Å². The predicted octanol–water partition coefficient (Wildman–Crippen LogP) is 1.97. The summed E-state index contributed by atoms with van der Waals surface area (Å²) in [7, 11) is 0.599. The smallest absolute Gasteiger partial charge is 0.307 e. The van der Waals surface area contributed by atoms with Gasteiger partial charge in [0, 0.05) is 19.7 Å². The first kappa shape index (κ1) is 20.6. The highest BCUT2D eigenvalue weighted by Crippen LogP contribution is 2.19. The van der Waals surface area contributed by atoms with E-state index in [1.54, 1.807) is 12.1 Å². The number of nitrogens with zero attached hydrogens (tertiary/aromatic N) is 1. The number of carbonyl (C=O) groups excluding carboxylic acids is 2. The number of rotatable bonds is 7. The van der Waals surface area contributed by atoms with Gasteiger partial charge < -0.3 is 10.1 Å². The second kappa shape index (κ2) is 8.79. The summed E-state index contributed by atoms with van der Waals surface area (Å²) in [5, 5.41) is 2.80. The summed E-state index contributed by atoms with van der Waals surface area (Å²) < 4.78 is 30.0. The molecule has 1 amide bonds. The summed E-state index contributed by atoms with van der Waals surface area (Å²) in [6, 6.07) is 14.1. The lowest BCUT2D eigenvalue weighted by molar-refractivity contribution is -0.141. The van der Waals surface area contributed by atoms with Crippen LogP contribution < -0.4 is 5.32 Å². The Hall–Kier alpha value is -2.71. The van der Waals surface area contributed by atoms with E-state index >= 15 is 0 Å². The molecule has 0 unspecified atom stereocenters. The molecule has 0 heterocycles. The molecule has 1 N–H and O–H groups in total. The van der Waals surface area contributed by atoms with E-state index in [0.29, 0.717) is 5.56 Å². The van der Waals surface area contributed by atoms with Gasteiger partial charge in [-0.3, -0.25) is 9.59 Å². The number of methoxy groups -OCH3 is 1. The number of benzene rings is 2. The zero-order valence-electron chi connectivity index (χ0n) is 15.4. The average Bonchev–Trinajstić information content (AvgIpc) is 2.67. The third-order valence-electron chi connectivity index (χ3n) is 4.00. The van der Waals surface area contributed by atoms with Gasteiger partial charge in [0.15, 0.2) is 0 Å². The predicted molar refractivity (Wildman–Crippen MR) is 101 cm³/mol. The molecule has 0 aliphatic heterocycles. The fourth-order valence-electron chi connectivity index (χ4n) is 2.42. The van der Waals surface area contributed by atoms with Crippen molar-refractivity contribution in [1.29, 1.82) is 0 Å². The number of amides is 1. The van der Waals surface area contributed by atoms with Gasteiger partial charge in [0.1, 0.15) is 0 Å². The lowest BCUT2D eigenvalue weighted by atomic mass is 10.0. The zero-order valence-corrected chi connectivity index (χ0v) is 16.2. The number of carbonyl (C=O) groups is 2. The largest absolute Gasteiger partial charge is 0.469 e. The summed E-state index contributed by atoms with van der Waals surface area (Å²) in [5.74, 6) is -0.863. The Bertz CT molecular complexity index is 893. The molecule has 8 heteroatoms. The standard InChI is InChI=1S/C19H22N2O5S/c1-21(2)27(24,25)16-11-9-15(10-12-16)19(23)20-17(13-18(22)26-3)14-7-5-4-6-8-14/h4-12,17H,13H2,1-3H3,(H,20,23)/t17-/m0/s1. The molecule has 0 fully saturated rings. The van der Waals surface area contributed by atoms with Crippen LogP contribution in [0.1, 0.15) is 28.4 Å². The van der Waals surface area contributed by atoms with Crippen molar-refractivity contribution in [2.75, 3.05) is 21.2 Å². The second-order valence-electron chi connectivity index (χ2n) is 6.03. The van der Waals surface area contributed by atoms with E-state index in [9.17, 15) is 18.0 Å². The molecule has 1 atom stereocenters. The van der Waals surface area contributed by atoms with Gasteiger partial charge >= 0.3 is 5.97 Å². The van der Waals surface area contributed by atoms with Gasteiger partial charge in [-0.25, -0.2) is 12.7 Å². The normalized spacial score (nSPS) is 12.4. The third kappa shape index (κ3) is 5.15. The van der Waals surface area contributed by atoms with Crippen LogP contribution in [-0.2, 0) is 19.6 Å². The van der Waals surface area contributed by atoms with Crippen LogP contribution in [0.2, 0.25) is 0 Å². The average molecular weight is 390 g/mol. The van der Waals surface area contributed by atoms with Gasteiger partial charge in [-0.05, 0) is 29.8 Å². The second-order valence-corrected chi connectivity index (χ2v) is 8.18. The minimum Gasteiger partial charge on any atom is -0.469 e. The molecule has 0 aromatic heterocycles. The Balaban J connectivity index is 2.21. The van der Waals surface area contributed by atoms with Crippen LogP contribution in [0.25, 0.3) is 0 Å². The number of sulfonamides is 1. The van der Waals surface area contributed by atoms with E-state index in [1.807, 2.05) is 18.2 Å².